The molecule has 0 aromatic heterocycles. The summed E-state index contributed by atoms with van der Waals surface area (Å²) in [5, 5.41) is 8.86. The van der Waals surface area contributed by atoms with Crippen LogP contribution in [-0.2, 0) is 9.53 Å². The number of nitrogens with zero attached hydrogens (tertiary/aromatic N) is 1. The molecule has 0 bridgehead atoms. The van der Waals surface area contributed by atoms with Gasteiger partial charge in [-0.2, -0.15) is 0 Å². The van der Waals surface area contributed by atoms with Crippen LogP contribution in [0.15, 0.2) is 0 Å². The largest absolute Gasteiger partial charge is 0.481 e. The van der Waals surface area contributed by atoms with E-state index in [9.17, 15) is 9.59 Å². The third-order valence-electron chi connectivity index (χ3n) is 2.44. The molecule has 0 rings (SSSR count). The Morgan fingerprint density at radius 2 is 1.88 bits per heavy atom. The van der Waals surface area contributed by atoms with Crippen LogP contribution in [0, 0.1) is 0 Å². The highest BCUT2D eigenvalue weighted by molar-refractivity contribution is 5.71. The minimum Gasteiger partial charge on any atom is -0.481 e. The minimum atomic E-state index is -0.881. The van der Waals surface area contributed by atoms with Crippen LogP contribution < -0.4 is 0 Å². The molecule has 0 spiro atoms. The summed E-state index contributed by atoms with van der Waals surface area (Å²) in [4.78, 5) is 24.1. The summed E-state index contributed by atoms with van der Waals surface area (Å²) in [6.45, 7) is 6.52. The van der Waals surface area contributed by atoms with Crippen LogP contribution in [0.25, 0.3) is 0 Å². The molecule has 0 aliphatic rings. The van der Waals surface area contributed by atoms with E-state index in [0.29, 0.717) is 19.6 Å². The number of aliphatic carboxylic acids is 1. The summed E-state index contributed by atoms with van der Waals surface area (Å²) >= 11 is 0. The fourth-order valence-electron chi connectivity index (χ4n) is 1.77. The van der Waals surface area contributed by atoms with Crippen molar-refractivity contribution in [1.82, 2.24) is 4.90 Å². The van der Waals surface area contributed by atoms with E-state index in [1.165, 1.54) is 0 Å². The van der Waals surface area contributed by atoms with Gasteiger partial charge in [0.15, 0.2) is 0 Å². The van der Waals surface area contributed by atoms with Crippen molar-refractivity contribution in [2.75, 3.05) is 13.2 Å². The Labute approximate surface area is 103 Å². The van der Waals surface area contributed by atoms with E-state index in [0.717, 1.165) is 12.8 Å². The van der Waals surface area contributed by atoms with Gasteiger partial charge < -0.3 is 14.7 Å². The van der Waals surface area contributed by atoms with E-state index < -0.39 is 12.1 Å². The van der Waals surface area contributed by atoms with Crippen molar-refractivity contribution in [3.8, 4) is 0 Å². The van der Waals surface area contributed by atoms with E-state index in [1.54, 1.807) is 11.8 Å². The maximum Gasteiger partial charge on any atom is 0.410 e. The Morgan fingerprint density at radius 1 is 1.24 bits per heavy atom. The molecule has 100 valence electrons. The second-order valence-electron chi connectivity index (χ2n) is 3.93. The number of carboxylic acids is 1. The monoisotopic (exact) mass is 245 g/mol. The topological polar surface area (TPSA) is 66.8 Å². The Morgan fingerprint density at radius 3 is 2.29 bits per heavy atom. The van der Waals surface area contributed by atoms with Crippen molar-refractivity contribution in [2.45, 2.75) is 52.5 Å². The first-order valence-corrected chi connectivity index (χ1v) is 6.21. The van der Waals surface area contributed by atoms with Gasteiger partial charge in [0.1, 0.15) is 0 Å². The summed E-state index contributed by atoms with van der Waals surface area (Å²) < 4.78 is 4.96. The van der Waals surface area contributed by atoms with Gasteiger partial charge in [0.25, 0.3) is 0 Å². The Balaban J connectivity index is 4.67. The normalized spacial score (nSPS) is 11.9. The molecule has 5 nitrogen and oxygen atoms in total. The molecule has 0 aromatic carbocycles. The van der Waals surface area contributed by atoms with Crippen LogP contribution in [0.3, 0.4) is 0 Å². The van der Waals surface area contributed by atoms with Gasteiger partial charge in [-0.3, -0.25) is 4.79 Å². The van der Waals surface area contributed by atoms with Crippen molar-refractivity contribution in [2.24, 2.45) is 0 Å². The molecule has 17 heavy (non-hydrogen) atoms. The molecule has 0 saturated carbocycles. The third kappa shape index (κ3) is 6.14. The number of carbonyl (C=O) groups is 2. The zero-order valence-corrected chi connectivity index (χ0v) is 10.9. The lowest BCUT2D eigenvalue weighted by Crippen LogP contribution is -2.42. The highest BCUT2D eigenvalue weighted by Crippen LogP contribution is 2.13. The average molecular weight is 245 g/mol. The molecule has 0 aliphatic carbocycles. The molecule has 0 aliphatic heterocycles. The molecule has 0 heterocycles. The molecule has 0 aromatic rings. The lowest BCUT2D eigenvalue weighted by atomic mass is 10.1. The van der Waals surface area contributed by atoms with Crippen LogP contribution in [0.4, 0.5) is 4.79 Å². The van der Waals surface area contributed by atoms with Gasteiger partial charge in [-0.25, -0.2) is 4.79 Å². The van der Waals surface area contributed by atoms with Crippen LogP contribution >= 0.6 is 0 Å². The maximum absolute atomic E-state index is 11.7. The van der Waals surface area contributed by atoms with Gasteiger partial charge in [-0.05, 0) is 19.8 Å². The van der Waals surface area contributed by atoms with Crippen LogP contribution in [0.2, 0.25) is 0 Å². The molecular weight excluding hydrogens is 222 g/mol. The van der Waals surface area contributed by atoms with E-state index in [2.05, 4.69) is 0 Å². The van der Waals surface area contributed by atoms with Gasteiger partial charge in [0.05, 0.1) is 13.0 Å². The predicted octanol–water partition coefficient (Wildman–Crippen LogP) is 2.50. The number of hydrogen-bond acceptors (Lipinski definition) is 3. The summed E-state index contributed by atoms with van der Waals surface area (Å²) in [6, 6.07) is -0.267. The standard InChI is InChI=1S/C12H23NO4/c1-4-7-10(9-11(14)15)13(8-5-2)12(16)17-6-3/h10H,4-9H2,1-3H3,(H,14,15). The summed E-state index contributed by atoms with van der Waals surface area (Å²) in [6.07, 6.45) is 1.89. The summed E-state index contributed by atoms with van der Waals surface area (Å²) in [7, 11) is 0. The number of carbonyl (C=O) groups excluding carboxylic acids is 1. The number of carboxylic acid groups (broad SMARTS) is 1. The van der Waals surface area contributed by atoms with Gasteiger partial charge in [0.2, 0.25) is 0 Å². The highest BCUT2D eigenvalue weighted by atomic mass is 16.6. The molecule has 1 amide bonds. The van der Waals surface area contributed by atoms with Crippen LogP contribution in [-0.4, -0.2) is 41.3 Å². The van der Waals surface area contributed by atoms with E-state index in [-0.39, 0.29) is 12.5 Å². The summed E-state index contributed by atoms with van der Waals surface area (Å²) in [5.74, 6) is -0.881. The van der Waals surface area contributed by atoms with E-state index in [1.807, 2.05) is 13.8 Å². The molecule has 0 radical (unpaired) electrons. The first kappa shape index (κ1) is 15.7. The SMILES string of the molecule is CCCC(CC(=O)O)N(CCC)C(=O)OCC. The number of ether oxygens (including phenoxy) is 1. The maximum atomic E-state index is 11.7. The Hall–Kier alpha value is -1.26. The van der Waals surface area contributed by atoms with Crippen molar-refractivity contribution in [3.05, 3.63) is 0 Å². The van der Waals surface area contributed by atoms with Crippen LogP contribution in [0.1, 0.15) is 46.5 Å². The van der Waals surface area contributed by atoms with Gasteiger partial charge in [-0.15, -0.1) is 0 Å². The molecular formula is C12H23NO4. The van der Waals surface area contributed by atoms with Crippen molar-refractivity contribution >= 4 is 12.1 Å². The zero-order chi connectivity index (χ0) is 13.3. The highest BCUT2D eigenvalue weighted by Gasteiger charge is 2.25. The van der Waals surface area contributed by atoms with Crippen molar-refractivity contribution in [3.63, 3.8) is 0 Å². The van der Waals surface area contributed by atoms with Gasteiger partial charge in [-0.1, -0.05) is 20.3 Å². The summed E-state index contributed by atoms with van der Waals surface area (Å²) in [5.41, 5.74) is 0. The average Bonchev–Trinajstić information content (AvgIpc) is 2.25. The quantitative estimate of drug-likeness (QED) is 0.713. The molecule has 0 fully saturated rings. The van der Waals surface area contributed by atoms with Gasteiger partial charge >= 0.3 is 12.1 Å². The number of amides is 1. The van der Waals surface area contributed by atoms with Gasteiger partial charge in [0, 0.05) is 12.6 Å². The molecule has 5 heteroatoms. The smallest absolute Gasteiger partial charge is 0.410 e. The first-order chi connectivity index (χ1) is 8.06. The van der Waals surface area contributed by atoms with E-state index >= 15 is 0 Å². The Kier molecular flexibility index (Phi) is 8.19. The lowest BCUT2D eigenvalue weighted by molar-refractivity contribution is -0.138. The first-order valence-electron chi connectivity index (χ1n) is 6.21. The Bertz CT molecular complexity index is 243. The van der Waals surface area contributed by atoms with Crippen LogP contribution in [0.5, 0.6) is 0 Å². The minimum absolute atomic E-state index is 0.0212. The third-order valence-corrected chi connectivity index (χ3v) is 2.44. The molecule has 1 N–H and O–H groups in total. The van der Waals surface area contributed by atoms with Crippen molar-refractivity contribution < 1.29 is 19.4 Å². The zero-order valence-electron chi connectivity index (χ0n) is 10.9. The molecule has 0 saturated heterocycles. The van der Waals surface area contributed by atoms with Crippen molar-refractivity contribution in [1.29, 1.82) is 0 Å². The lowest BCUT2D eigenvalue weighted by Gasteiger charge is -2.29. The fraction of sp³-hybridized carbons (Fsp3) is 0.833. The van der Waals surface area contributed by atoms with E-state index in [4.69, 9.17) is 9.84 Å². The second kappa shape index (κ2) is 8.84. The second-order valence-corrected chi connectivity index (χ2v) is 3.93. The number of hydrogen-bond donors (Lipinski definition) is 1. The molecule has 1 atom stereocenters. The predicted molar refractivity (Wildman–Crippen MR) is 65.0 cm³/mol. The molecule has 1 unspecified atom stereocenters. The number of rotatable bonds is 8. The fourth-order valence-corrected chi connectivity index (χ4v) is 1.77.